The molecule has 0 amide bonds. The number of ether oxygens (including phenoxy) is 1. The highest BCUT2D eigenvalue weighted by atomic mass is 32.1. The van der Waals surface area contributed by atoms with E-state index in [4.69, 9.17) is 4.74 Å². The number of rotatable bonds is 5. The fourth-order valence-electron chi connectivity index (χ4n) is 1.47. The second kappa shape index (κ2) is 5.63. The van der Waals surface area contributed by atoms with Crippen molar-refractivity contribution in [2.75, 3.05) is 19.0 Å². The molecule has 1 heterocycles. The smallest absolute Gasteiger partial charge is 0.202 e. The summed E-state index contributed by atoms with van der Waals surface area (Å²) in [5.41, 5.74) is 0.927. The standard InChI is InChI=1S/C12H15N3OS/c1-3-8-13-12-14-11(15-17-12)9-6-4-5-7-10(9)16-2/h4-7H,3,8H2,1-2H3,(H,13,14,15). The Kier molecular flexibility index (Phi) is 3.93. The Morgan fingerprint density at radius 3 is 2.94 bits per heavy atom. The first-order valence-electron chi connectivity index (χ1n) is 5.56. The van der Waals surface area contributed by atoms with Gasteiger partial charge in [0.2, 0.25) is 5.13 Å². The number of para-hydroxylation sites is 1. The van der Waals surface area contributed by atoms with Crippen molar-refractivity contribution < 1.29 is 4.74 Å². The molecule has 0 saturated heterocycles. The van der Waals surface area contributed by atoms with Crippen LogP contribution in [0, 0.1) is 0 Å². The van der Waals surface area contributed by atoms with Crippen molar-refractivity contribution in [3.05, 3.63) is 24.3 Å². The van der Waals surface area contributed by atoms with E-state index in [0.29, 0.717) is 5.82 Å². The van der Waals surface area contributed by atoms with Gasteiger partial charge in [-0.2, -0.15) is 9.36 Å². The lowest BCUT2D eigenvalue weighted by Gasteiger charge is -2.03. The Bertz CT molecular complexity index is 484. The minimum Gasteiger partial charge on any atom is -0.496 e. The van der Waals surface area contributed by atoms with Gasteiger partial charge < -0.3 is 10.1 Å². The van der Waals surface area contributed by atoms with Crippen molar-refractivity contribution in [1.82, 2.24) is 9.36 Å². The molecule has 2 aromatic rings. The molecular formula is C12H15N3OS. The van der Waals surface area contributed by atoms with E-state index in [1.54, 1.807) is 7.11 Å². The summed E-state index contributed by atoms with van der Waals surface area (Å²) in [4.78, 5) is 4.44. The first kappa shape index (κ1) is 11.9. The van der Waals surface area contributed by atoms with Crippen molar-refractivity contribution >= 4 is 16.7 Å². The van der Waals surface area contributed by atoms with Crippen molar-refractivity contribution in [3.8, 4) is 17.1 Å². The quantitative estimate of drug-likeness (QED) is 0.884. The molecule has 0 bridgehead atoms. The summed E-state index contributed by atoms with van der Waals surface area (Å²) >= 11 is 1.38. The molecule has 0 fully saturated rings. The van der Waals surface area contributed by atoms with Crippen LogP contribution in [-0.2, 0) is 0 Å². The van der Waals surface area contributed by atoms with Gasteiger partial charge in [0, 0.05) is 18.1 Å². The van der Waals surface area contributed by atoms with E-state index in [-0.39, 0.29) is 0 Å². The first-order valence-corrected chi connectivity index (χ1v) is 6.33. The summed E-state index contributed by atoms with van der Waals surface area (Å²) in [6.07, 6.45) is 1.07. The molecule has 2 rings (SSSR count). The number of benzene rings is 1. The zero-order valence-electron chi connectivity index (χ0n) is 9.93. The number of nitrogens with zero attached hydrogens (tertiary/aromatic N) is 2. The highest BCUT2D eigenvalue weighted by molar-refractivity contribution is 7.09. The predicted octanol–water partition coefficient (Wildman–Crippen LogP) is 3.04. The maximum absolute atomic E-state index is 5.29. The number of anilines is 1. The molecule has 0 radical (unpaired) electrons. The van der Waals surface area contributed by atoms with Crippen LogP contribution in [0.25, 0.3) is 11.4 Å². The largest absolute Gasteiger partial charge is 0.496 e. The molecule has 0 aliphatic heterocycles. The average Bonchev–Trinajstić information content (AvgIpc) is 2.85. The Hall–Kier alpha value is -1.62. The first-order chi connectivity index (χ1) is 8.35. The van der Waals surface area contributed by atoms with Crippen LogP contribution in [0.4, 0.5) is 5.13 Å². The maximum Gasteiger partial charge on any atom is 0.202 e. The van der Waals surface area contributed by atoms with Gasteiger partial charge in [-0.1, -0.05) is 19.1 Å². The van der Waals surface area contributed by atoms with Crippen LogP contribution >= 0.6 is 11.5 Å². The molecular weight excluding hydrogens is 234 g/mol. The maximum atomic E-state index is 5.29. The summed E-state index contributed by atoms with van der Waals surface area (Å²) < 4.78 is 9.63. The molecule has 1 aromatic heterocycles. The summed E-state index contributed by atoms with van der Waals surface area (Å²) in [6, 6.07) is 7.77. The van der Waals surface area contributed by atoms with Crippen LogP contribution in [0.15, 0.2) is 24.3 Å². The Balaban J connectivity index is 2.24. The van der Waals surface area contributed by atoms with E-state index in [1.165, 1.54) is 11.5 Å². The number of hydrogen-bond donors (Lipinski definition) is 1. The number of methoxy groups -OCH3 is 1. The second-order valence-corrected chi connectivity index (χ2v) is 4.30. The number of aromatic nitrogens is 2. The highest BCUT2D eigenvalue weighted by Gasteiger charge is 2.10. The monoisotopic (exact) mass is 249 g/mol. The van der Waals surface area contributed by atoms with Crippen LogP contribution in [0.2, 0.25) is 0 Å². The van der Waals surface area contributed by atoms with E-state index in [0.717, 1.165) is 29.4 Å². The van der Waals surface area contributed by atoms with Crippen LogP contribution < -0.4 is 10.1 Å². The molecule has 1 N–H and O–H groups in total. The third-order valence-corrected chi connectivity index (χ3v) is 2.97. The van der Waals surface area contributed by atoms with Crippen molar-refractivity contribution in [2.24, 2.45) is 0 Å². The van der Waals surface area contributed by atoms with Crippen LogP contribution in [0.5, 0.6) is 5.75 Å². The minimum atomic E-state index is 0.714. The third kappa shape index (κ3) is 2.74. The van der Waals surface area contributed by atoms with Gasteiger partial charge in [-0.05, 0) is 18.6 Å². The van der Waals surface area contributed by atoms with E-state index >= 15 is 0 Å². The second-order valence-electron chi connectivity index (χ2n) is 3.55. The van der Waals surface area contributed by atoms with E-state index in [1.807, 2.05) is 24.3 Å². The fraction of sp³-hybridized carbons (Fsp3) is 0.333. The highest BCUT2D eigenvalue weighted by Crippen LogP contribution is 2.29. The summed E-state index contributed by atoms with van der Waals surface area (Å²) in [5.74, 6) is 1.51. The number of nitrogens with one attached hydrogen (secondary N) is 1. The summed E-state index contributed by atoms with van der Waals surface area (Å²) in [7, 11) is 1.65. The van der Waals surface area contributed by atoms with Gasteiger partial charge in [-0.25, -0.2) is 0 Å². The van der Waals surface area contributed by atoms with Crippen LogP contribution in [0.3, 0.4) is 0 Å². The lowest BCUT2D eigenvalue weighted by atomic mass is 10.2. The zero-order valence-corrected chi connectivity index (χ0v) is 10.8. The normalized spacial score (nSPS) is 10.2. The van der Waals surface area contributed by atoms with Gasteiger partial charge in [0.15, 0.2) is 5.82 Å². The Morgan fingerprint density at radius 1 is 1.35 bits per heavy atom. The molecule has 0 unspecified atom stereocenters. The van der Waals surface area contributed by atoms with E-state index in [2.05, 4.69) is 21.6 Å². The van der Waals surface area contributed by atoms with E-state index in [9.17, 15) is 0 Å². The van der Waals surface area contributed by atoms with Gasteiger partial charge in [-0.3, -0.25) is 0 Å². The fourth-order valence-corrected chi connectivity index (χ4v) is 2.07. The third-order valence-electron chi connectivity index (χ3n) is 2.30. The molecule has 0 aliphatic carbocycles. The summed E-state index contributed by atoms with van der Waals surface area (Å²) in [6.45, 7) is 3.04. The van der Waals surface area contributed by atoms with Crippen LogP contribution in [-0.4, -0.2) is 23.0 Å². The lowest BCUT2D eigenvalue weighted by Crippen LogP contribution is -1.98. The minimum absolute atomic E-state index is 0.714. The molecule has 0 spiro atoms. The Labute approximate surface area is 105 Å². The molecule has 4 nitrogen and oxygen atoms in total. The van der Waals surface area contributed by atoms with Gasteiger partial charge in [0.1, 0.15) is 5.75 Å². The van der Waals surface area contributed by atoms with Crippen LogP contribution in [0.1, 0.15) is 13.3 Å². The molecule has 0 saturated carbocycles. The molecule has 5 heteroatoms. The average molecular weight is 249 g/mol. The van der Waals surface area contributed by atoms with Gasteiger partial charge in [0.05, 0.1) is 12.7 Å². The van der Waals surface area contributed by atoms with Crippen molar-refractivity contribution in [2.45, 2.75) is 13.3 Å². The SMILES string of the molecule is CCCNc1nc(-c2ccccc2OC)ns1. The molecule has 17 heavy (non-hydrogen) atoms. The van der Waals surface area contributed by atoms with Gasteiger partial charge in [0.25, 0.3) is 0 Å². The Morgan fingerprint density at radius 2 is 2.18 bits per heavy atom. The molecule has 0 atom stereocenters. The van der Waals surface area contributed by atoms with Crippen molar-refractivity contribution in [1.29, 1.82) is 0 Å². The molecule has 1 aromatic carbocycles. The topological polar surface area (TPSA) is 47.0 Å². The van der Waals surface area contributed by atoms with Gasteiger partial charge >= 0.3 is 0 Å². The number of hydrogen-bond acceptors (Lipinski definition) is 5. The molecule has 0 aliphatic rings. The molecule has 90 valence electrons. The van der Waals surface area contributed by atoms with Crippen molar-refractivity contribution in [3.63, 3.8) is 0 Å². The van der Waals surface area contributed by atoms with Gasteiger partial charge in [-0.15, -0.1) is 0 Å². The zero-order chi connectivity index (χ0) is 12.1. The van der Waals surface area contributed by atoms with E-state index < -0.39 is 0 Å². The predicted molar refractivity (Wildman–Crippen MR) is 70.7 cm³/mol. The summed E-state index contributed by atoms with van der Waals surface area (Å²) in [5, 5.41) is 4.08. The lowest BCUT2D eigenvalue weighted by molar-refractivity contribution is 0.416.